The lowest BCUT2D eigenvalue weighted by atomic mass is 9.93. The fraction of sp³-hybridized carbons (Fsp3) is 0.125. The molecule has 0 aromatic heterocycles. The summed E-state index contributed by atoms with van der Waals surface area (Å²) >= 11 is 6.16. The zero-order chi connectivity index (χ0) is 14.3. The third kappa shape index (κ3) is 2.04. The summed E-state index contributed by atoms with van der Waals surface area (Å²) in [6, 6.07) is 9.45. The van der Waals surface area contributed by atoms with Crippen molar-refractivity contribution in [2.24, 2.45) is 0 Å². The predicted octanol–water partition coefficient (Wildman–Crippen LogP) is 4.51. The molecule has 2 aromatic carbocycles. The fourth-order valence-corrected chi connectivity index (χ4v) is 2.67. The zero-order valence-corrected chi connectivity index (χ0v) is 11.5. The summed E-state index contributed by atoms with van der Waals surface area (Å²) in [6.45, 7) is 2.32. The summed E-state index contributed by atoms with van der Waals surface area (Å²) in [5, 5.41) is 10.0. The average molecular weight is 291 g/mol. The molecule has 0 spiro atoms. The predicted molar refractivity (Wildman–Crippen MR) is 77.5 cm³/mol. The molecule has 2 nitrogen and oxygen atoms in total. The van der Waals surface area contributed by atoms with Crippen LogP contribution in [0.3, 0.4) is 0 Å². The van der Waals surface area contributed by atoms with E-state index >= 15 is 0 Å². The Morgan fingerprint density at radius 3 is 2.55 bits per heavy atom. The monoisotopic (exact) mass is 290 g/mol. The van der Waals surface area contributed by atoms with E-state index in [1.807, 2.05) is 6.92 Å². The highest BCUT2D eigenvalue weighted by Crippen LogP contribution is 2.44. The molecule has 20 heavy (non-hydrogen) atoms. The summed E-state index contributed by atoms with van der Waals surface area (Å²) in [4.78, 5) is 0. The lowest BCUT2D eigenvalue weighted by Gasteiger charge is -2.23. The van der Waals surface area contributed by atoms with Gasteiger partial charge >= 0.3 is 0 Å². The second kappa shape index (κ2) is 4.84. The number of allylic oxidation sites excluding steroid dienone is 1. The van der Waals surface area contributed by atoms with E-state index < -0.39 is 0 Å². The Morgan fingerprint density at radius 1 is 1.15 bits per heavy atom. The highest BCUT2D eigenvalue weighted by molar-refractivity contribution is 6.34. The molecule has 3 rings (SSSR count). The molecule has 2 aromatic rings. The van der Waals surface area contributed by atoms with Crippen LogP contribution in [0.15, 0.2) is 36.4 Å². The third-order valence-corrected chi connectivity index (χ3v) is 3.86. The first-order valence-electron chi connectivity index (χ1n) is 6.18. The van der Waals surface area contributed by atoms with Gasteiger partial charge in [0, 0.05) is 11.1 Å². The van der Waals surface area contributed by atoms with Gasteiger partial charge in [-0.25, -0.2) is 4.39 Å². The maximum Gasteiger partial charge on any atom is 0.135 e. The van der Waals surface area contributed by atoms with Crippen molar-refractivity contribution in [3.05, 3.63) is 58.4 Å². The molecule has 1 N–H and O–H groups in total. The summed E-state index contributed by atoms with van der Waals surface area (Å²) in [5.74, 6) is 0.393. The fourth-order valence-electron chi connectivity index (χ4n) is 2.38. The maximum atomic E-state index is 13.0. The summed E-state index contributed by atoms with van der Waals surface area (Å²) in [6.07, 6.45) is 0. The van der Waals surface area contributed by atoms with Crippen LogP contribution in [0.25, 0.3) is 11.1 Å². The Morgan fingerprint density at radius 2 is 1.85 bits per heavy atom. The van der Waals surface area contributed by atoms with Crippen molar-refractivity contribution in [2.75, 3.05) is 6.61 Å². The molecule has 0 unspecified atom stereocenters. The van der Waals surface area contributed by atoms with E-state index in [9.17, 15) is 9.50 Å². The Bertz CT molecular complexity index is 705. The Kier molecular flexibility index (Phi) is 3.14. The number of benzene rings is 2. The SMILES string of the molecule is CC1=C(c2ccc(F)cc2)COc2ccc(O)c(Cl)c21. The number of hydrogen-bond acceptors (Lipinski definition) is 2. The number of rotatable bonds is 1. The van der Waals surface area contributed by atoms with Gasteiger partial charge in [-0.3, -0.25) is 0 Å². The molecule has 0 radical (unpaired) electrons. The van der Waals surface area contributed by atoms with Gasteiger partial charge in [-0.05, 0) is 42.3 Å². The molecule has 0 saturated heterocycles. The molecule has 0 bridgehead atoms. The number of ether oxygens (including phenoxy) is 1. The van der Waals surface area contributed by atoms with Crippen LogP contribution < -0.4 is 4.74 Å². The topological polar surface area (TPSA) is 29.5 Å². The van der Waals surface area contributed by atoms with E-state index in [-0.39, 0.29) is 16.6 Å². The summed E-state index contributed by atoms with van der Waals surface area (Å²) in [7, 11) is 0. The molecule has 4 heteroatoms. The van der Waals surface area contributed by atoms with E-state index in [4.69, 9.17) is 16.3 Å². The molecule has 1 aliphatic heterocycles. The van der Waals surface area contributed by atoms with Gasteiger partial charge in [0.2, 0.25) is 0 Å². The molecule has 102 valence electrons. The van der Waals surface area contributed by atoms with Crippen molar-refractivity contribution in [2.45, 2.75) is 6.92 Å². The highest BCUT2D eigenvalue weighted by atomic mass is 35.5. The quantitative estimate of drug-likeness (QED) is 0.837. The van der Waals surface area contributed by atoms with Crippen molar-refractivity contribution in [1.82, 2.24) is 0 Å². The normalized spacial score (nSPS) is 13.9. The van der Waals surface area contributed by atoms with E-state index in [0.29, 0.717) is 17.9 Å². The van der Waals surface area contributed by atoms with Crippen LogP contribution in [0.5, 0.6) is 11.5 Å². The minimum absolute atomic E-state index is 0.0220. The summed E-state index contributed by atoms with van der Waals surface area (Å²) in [5.41, 5.74) is 3.44. The molecule has 0 amide bonds. The third-order valence-electron chi connectivity index (χ3n) is 3.48. The largest absolute Gasteiger partial charge is 0.506 e. The first kappa shape index (κ1) is 13.0. The standard InChI is InChI=1S/C16H12ClFO2/c1-9-12(10-2-4-11(18)5-3-10)8-20-14-7-6-13(19)16(17)15(9)14/h2-7,19H,8H2,1H3. The van der Waals surface area contributed by atoms with Crippen molar-refractivity contribution in [3.63, 3.8) is 0 Å². The van der Waals surface area contributed by atoms with Crippen LogP contribution in [-0.2, 0) is 0 Å². The number of phenolic OH excluding ortho intramolecular Hbond substituents is 1. The van der Waals surface area contributed by atoms with Gasteiger partial charge in [-0.2, -0.15) is 0 Å². The lowest BCUT2D eigenvalue weighted by molar-refractivity contribution is 0.363. The highest BCUT2D eigenvalue weighted by Gasteiger charge is 2.22. The van der Waals surface area contributed by atoms with Crippen LogP contribution >= 0.6 is 11.6 Å². The van der Waals surface area contributed by atoms with E-state index in [0.717, 1.165) is 16.7 Å². The average Bonchev–Trinajstić information content (AvgIpc) is 2.44. The zero-order valence-electron chi connectivity index (χ0n) is 10.8. The van der Waals surface area contributed by atoms with Crippen molar-refractivity contribution in [3.8, 4) is 11.5 Å². The van der Waals surface area contributed by atoms with Crippen molar-refractivity contribution >= 4 is 22.7 Å². The smallest absolute Gasteiger partial charge is 0.135 e. The van der Waals surface area contributed by atoms with Gasteiger partial charge in [0.1, 0.15) is 23.9 Å². The molecular formula is C16H12ClFO2. The first-order chi connectivity index (χ1) is 9.58. The molecule has 0 fully saturated rings. The van der Waals surface area contributed by atoms with Gasteiger partial charge in [-0.1, -0.05) is 23.7 Å². The Hall–Kier alpha value is -2.00. The van der Waals surface area contributed by atoms with E-state index in [1.165, 1.54) is 18.2 Å². The molecule has 0 aliphatic carbocycles. The molecule has 0 atom stereocenters. The Balaban J connectivity index is 2.18. The number of aromatic hydroxyl groups is 1. The van der Waals surface area contributed by atoms with E-state index in [1.54, 1.807) is 18.2 Å². The van der Waals surface area contributed by atoms with Gasteiger partial charge in [-0.15, -0.1) is 0 Å². The Labute approximate surface area is 121 Å². The number of phenols is 1. The van der Waals surface area contributed by atoms with Crippen LogP contribution in [0, 0.1) is 5.82 Å². The van der Waals surface area contributed by atoms with Crippen LogP contribution in [0.4, 0.5) is 4.39 Å². The summed E-state index contributed by atoms with van der Waals surface area (Å²) < 4.78 is 18.7. The second-order valence-electron chi connectivity index (χ2n) is 4.67. The van der Waals surface area contributed by atoms with Crippen LogP contribution in [-0.4, -0.2) is 11.7 Å². The number of hydrogen-bond donors (Lipinski definition) is 1. The first-order valence-corrected chi connectivity index (χ1v) is 6.56. The van der Waals surface area contributed by atoms with Crippen LogP contribution in [0.1, 0.15) is 18.1 Å². The van der Waals surface area contributed by atoms with Gasteiger partial charge in [0.05, 0.1) is 5.02 Å². The maximum absolute atomic E-state index is 13.0. The van der Waals surface area contributed by atoms with Crippen molar-refractivity contribution in [1.29, 1.82) is 0 Å². The lowest BCUT2D eigenvalue weighted by Crippen LogP contribution is -2.10. The second-order valence-corrected chi connectivity index (χ2v) is 5.05. The minimum atomic E-state index is -0.278. The van der Waals surface area contributed by atoms with Crippen molar-refractivity contribution < 1.29 is 14.2 Å². The number of fused-ring (bicyclic) bond motifs is 1. The molecule has 1 heterocycles. The van der Waals surface area contributed by atoms with E-state index in [2.05, 4.69) is 0 Å². The van der Waals surface area contributed by atoms with Gasteiger partial charge < -0.3 is 9.84 Å². The van der Waals surface area contributed by atoms with Gasteiger partial charge in [0.25, 0.3) is 0 Å². The molecular weight excluding hydrogens is 279 g/mol. The molecule has 1 aliphatic rings. The molecule has 0 saturated carbocycles. The van der Waals surface area contributed by atoms with Gasteiger partial charge in [0.15, 0.2) is 0 Å². The number of halogens is 2. The van der Waals surface area contributed by atoms with Crippen LogP contribution in [0.2, 0.25) is 5.02 Å². The minimum Gasteiger partial charge on any atom is -0.506 e.